The molecule has 3 heterocycles. The van der Waals surface area contributed by atoms with Crippen molar-refractivity contribution < 1.29 is 89.4 Å². The van der Waals surface area contributed by atoms with Gasteiger partial charge in [0.2, 0.25) is 5.91 Å². The van der Waals surface area contributed by atoms with Gasteiger partial charge in [0, 0.05) is 6.42 Å². The number of carbonyl (C=O) groups excluding carboxylic acids is 1. The van der Waals surface area contributed by atoms with Gasteiger partial charge in [-0.05, 0) is 57.8 Å². The van der Waals surface area contributed by atoms with E-state index in [0.717, 1.165) is 70.6 Å². The molecular weight excluding hydrogens is 1020 g/mol. The standard InChI is InChI=1S/C60H107NO18/c1-3-5-7-9-11-13-14-15-16-17-18-19-20-21-22-23-24-25-26-27-28-30-32-34-36-38-48(66)61-43(44(65)37-35-33-31-29-12-10-8-6-4-2)42-74-58-54(72)51(69)56(46(40-63)76-58)79-60-55(73)52(70)57(47(41-64)77-60)78-59-53(71)50(68)49(67)45(39-62)75-59/h14-15,17-18,20-21,35,37,43-47,49-60,62-65,67-73H,3-13,16,19,22-34,36,38-42H2,1-2H3,(H,61,66)/b15-14-,18-17-,21-20-,37-35+. The van der Waals surface area contributed by atoms with Crippen LogP contribution in [-0.2, 0) is 33.2 Å². The number of hydrogen-bond acceptors (Lipinski definition) is 18. The normalized spacial score (nSPS) is 30.6. The fraction of sp³-hybridized carbons (Fsp3) is 0.850. The molecule has 3 aliphatic rings. The summed E-state index contributed by atoms with van der Waals surface area (Å²) in [5.74, 6) is -0.284. The van der Waals surface area contributed by atoms with Crippen molar-refractivity contribution >= 4 is 5.91 Å². The lowest BCUT2D eigenvalue weighted by Gasteiger charge is -2.48. The van der Waals surface area contributed by atoms with Gasteiger partial charge in [-0.15, -0.1) is 0 Å². The number of unbranched alkanes of at least 4 members (excludes halogenated alkanes) is 22. The van der Waals surface area contributed by atoms with Gasteiger partial charge < -0.3 is 89.9 Å². The fourth-order valence-electron chi connectivity index (χ4n) is 10.1. The SMILES string of the molecule is CCCCCCC/C=C\C/C=C\C/C=C\CCCCCCCCCCCCC(=O)NC(COC1OC(CO)C(OC2OC(CO)C(OC3OC(CO)C(O)C(O)C3O)C(O)C2O)C(O)C1O)C(O)/C=C/CCCCCCCCC. The van der Waals surface area contributed by atoms with Crippen LogP contribution in [0.2, 0.25) is 0 Å². The summed E-state index contributed by atoms with van der Waals surface area (Å²) in [6.45, 7) is 1.65. The van der Waals surface area contributed by atoms with Gasteiger partial charge in [-0.2, -0.15) is 0 Å². The number of aliphatic hydroxyl groups excluding tert-OH is 11. The van der Waals surface area contributed by atoms with E-state index in [1.807, 2.05) is 6.08 Å². The molecule has 19 heteroatoms. The average molecular weight is 1130 g/mol. The van der Waals surface area contributed by atoms with Gasteiger partial charge in [-0.25, -0.2) is 0 Å². The minimum absolute atomic E-state index is 0.237. The van der Waals surface area contributed by atoms with Crippen LogP contribution in [0.5, 0.6) is 0 Å². The second-order valence-electron chi connectivity index (χ2n) is 21.8. The molecule has 0 aliphatic carbocycles. The summed E-state index contributed by atoms with van der Waals surface area (Å²) in [6.07, 6.45) is 21.2. The first kappa shape index (κ1) is 71.0. The quantitative estimate of drug-likeness (QED) is 0.0265. The van der Waals surface area contributed by atoms with Crippen molar-refractivity contribution in [3.63, 3.8) is 0 Å². The topological polar surface area (TPSA) is 307 Å². The first-order valence-electron chi connectivity index (χ1n) is 30.4. The highest BCUT2D eigenvalue weighted by Gasteiger charge is 2.53. The molecule has 79 heavy (non-hydrogen) atoms. The number of amides is 1. The van der Waals surface area contributed by atoms with Crippen LogP contribution in [0, 0.1) is 0 Å². The lowest BCUT2D eigenvalue weighted by molar-refractivity contribution is -0.379. The maximum Gasteiger partial charge on any atom is 0.220 e. The summed E-state index contributed by atoms with van der Waals surface area (Å²) in [7, 11) is 0. The molecule has 0 spiro atoms. The largest absolute Gasteiger partial charge is 0.394 e. The van der Waals surface area contributed by atoms with Crippen molar-refractivity contribution in [2.75, 3.05) is 26.4 Å². The highest BCUT2D eigenvalue weighted by atomic mass is 16.8. The number of nitrogens with one attached hydrogen (secondary N) is 1. The van der Waals surface area contributed by atoms with Gasteiger partial charge in [-0.3, -0.25) is 4.79 Å². The molecule has 17 atom stereocenters. The second kappa shape index (κ2) is 43.4. The molecule has 3 saturated heterocycles. The summed E-state index contributed by atoms with van der Waals surface area (Å²) in [4.78, 5) is 13.3. The third-order valence-electron chi connectivity index (χ3n) is 15.1. The third kappa shape index (κ3) is 27.3. The smallest absolute Gasteiger partial charge is 0.220 e. The van der Waals surface area contributed by atoms with E-state index in [2.05, 4.69) is 55.6 Å². The number of hydrogen-bond donors (Lipinski definition) is 12. The Hall–Kier alpha value is -2.25. The molecule has 3 fully saturated rings. The maximum atomic E-state index is 13.3. The summed E-state index contributed by atoms with van der Waals surface area (Å²) in [5, 5.41) is 120. The molecule has 17 unspecified atom stereocenters. The van der Waals surface area contributed by atoms with Gasteiger partial charge >= 0.3 is 0 Å². The first-order chi connectivity index (χ1) is 38.3. The molecule has 19 nitrogen and oxygen atoms in total. The Labute approximate surface area is 472 Å². The lowest BCUT2D eigenvalue weighted by Crippen LogP contribution is -2.66. The maximum absolute atomic E-state index is 13.3. The van der Waals surface area contributed by atoms with Crippen molar-refractivity contribution in [1.82, 2.24) is 5.32 Å². The Bertz CT molecular complexity index is 1630. The lowest BCUT2D eigenvalue weighted by atomic mass is 9.96. The van der Waals surface area contributed by atoms with Crippen molar-refractivity contribution in [1.29, 1.82) is 0 Å². The van der Waals surface area contributed by atoms with Gasteiger partial charge in [-0.1, -0.05) is 178 Å². The zero-order valence-electron chi connectivity index (χ0n) is 47.8. The van der Waals surface area contributed by atoms with E-state index < -0.39 is 124 Å². The van der Waals surface area contributed by atoms with Gasteiger partial charge in [0.15, 0.2) is 18.9 Å². The van der Waals surface area contributed by atoms with Gasteiger partial charge in [0.1, 0.15) is 73.2 Å². The molecule has 12 N–H and O–H groups in total. The molecule has 0 aromatic rings. The summed E-state index contributed by atoms with van der Waals surface area (Å²) in [5.41, 5.74) is 0. The molecule has 3 aliphatic heterocycles. The van der Waals surface area contributed by atoms with Crippen LogP contribution >= 0.6 is 0 Å². The van der Waals surface area contributed by atoms with Crippen LogP contribution in [0.25, 0.3) is 0 Å². The highest BCUT2D eigenvalue weighted by Crippen LogP contribution is 2.33. The third-order valence-corrected chi connectivity index (χ3v) is 15.1. The van der Waals surface area contributed by atoms with Crippen LogP contribution in [0.1, 0.15) is 194 Å². The second-order valence-corrected chi connectivity index (χ2v) is 21.8. The van der Waals surface area contributed by atoms with Crippen LogP contribution in [0.15, 0.2) is 48.6 Å². The number of aliphatic hydroxyl groups is 11. The van der Waals surface area contributed by atoms with Crippen molar-refractivity contribution in [2.24, 2.45) is 0 Å². The molecule has 3 rings (SSSR count). The highest BCUT2D eigenvalue weighted by molar-refractivity contribution is 5.76. The predicted molar refractivity (Wildman–Crippen MR) is 300 cm³/mol. The van der Waals surface area contributed by atoms with E-state index in [1.165, 1.54) is 96.3 Å². The minimum Gasteiger partial charge on any atom is -0.394 e. The summed E-state index contributed by atoms with van der Waals surface area (Å²) in [6, 6.07) is -0.974. The van der Waals surface area contributed by atoms with Crippen molar-refractivity contribution in [3.05, 3.63) is 48.6 Å². The monoisotopic (exact) mass is 1130 g/mol. The number of allylic oxidation sites excluding steroid dienone is 7. The first-order valence-corrected chi connectivity index (χ1v) is 30.4. The van der Waals surface area contributed by atoms with E-state index in [-0.39, 0.29) is 18.9 Å². The summed E-state index contributed by atoms with van der Waals surface area (Å²) >= 11 is 0. The zero-order valence-corrected chi connectivity index (χ0v) is 47.8. The Balaban J connectivity index is 1.43. The van der Waals surface area contributed by atoms with Crippen LogP contribution < -0.4 is 5.32 Å². The average Bonchev–Trinajstić information content (AvgIpc) is 3.47. The van der Waals surface area contributed by atoms with E-state index in [4.69, 9.17) is 28.4 Å². The van der Waals surface area contributed by atoms with E-state index in [1.54, 1.807) is 6.08 Å². The van der Waals surface area contributed by atoms with Gasteiger partial charge in [0.25, 0.3) is 0 Å². The molecule has 0 aromatic heterocycles. The van der Waals surface area contributed by atoms with E-state index in [0.29, 0.717) is 6.42 Å². The van der Waals surface area contributed by atoms with Crippen molar-refractivity contribution in [2.45, 2.75) is 298 Å². The Morgan fingerprint density at radius 3 is 1.30 bits per heavy atom. The Kier molecular flexibility index (Phi) is 39.0. The van der Waals surface area contributed by atoms with Crippen molar-refractivity contribution in [3.8, 4) is 0 Å². The Morgan fingerprint density at radius 2 is 0.835 bits per heavy atom. The molecule has 460 valence electrons. The summed E-state index contributed by atoms with van der Waals surface area (Å²) < 4.78 is 34.2. The molecule has 0 aromatic carbocycles. The molecule has 1 amide bonds. The zero-order chi connectivity index (χ0) is 57.6. The fourth-order valence-corrected chi connectivity index (χ4v) is 10.1. The van der Waals surface area contributed by atoms with Crippen LogP contribution in [0.4, 0.5) is 0 Å². The molecule has 0 saturated carbocycles. The minimum atomic E-state index is -1.98. The molecule has 0 radical (unpaired) electrons. The number of carbonyl (C=O) groups is 1. The predicted octanol–water partition coefficient (Wildman–Crippen LogP) is 5.48. The van der Waals surface area contributed by atoms with E-state index >= 15 is 0 Å². The Morgan fingerprint density at radius 1 is 0.456 bits per heavy atom. The number of ether oxygens (including phenoxy) is 6. The van der Waals surface area contributed by atoms with Gasteiger partial charge in [0.05, 0.1) is 38.6 Å². The molecule has 0 bridgehead atoms. The number of rotatable bonds is 44. The van der Waals surface area contributed by atoms with Crippen LogP contribution in [-0.4, -0.2) is 193 Å². The van der Waals surface area contributed by atoms with E-state index in [9.17, 15) is 61.0 Å². The molecular formula is C60H107NO18. The van der Waals surface area contributed by atoms with Crippen LogP contribution in [0.3, 0.4) is 0 Å².